The molecule has 2 aliphatic rings. The lowest BCUT2D eigenvalue weighted by molar-refractivity contribution is -0.168. The number of cyclic esters (lactones) is 1. The molecule has 0 aliphatic carbocycles. The van der Waals surface area contributed by atoms with Gasteiger partial charge in [0.05, 0.1) is 13.0 Å². The van der Waals surface area contributed by atoms with E-state index >= 15 is 0 Å². The number of nitrogens with one attached hydrogen (secondary N) is 2. The third-order valence-corrected chi connectivity index (χ3v) is 5.10. The van der Waals surface area contributed by atoms with E-state index < -0.39 is 48.3 Å². The third kappa shape index (κ3) is 5.26. The highest BCUT2D eigenvalue weighted by Crippen LogP contribution is 2.22. The summed E-state index contributed by atoms with van der Waals surface area (Å²) in [6.07, 6.45) is -1.18. The van der Waals surface area contributed by atoms with Gasteiger partial charge in [0.2, 0.25) is 18.1 Å². The van der Waals surface area contributed by atoms with Gasteiger partial charge in [0.1, 0.15) is 18.1 Å². The summed E-state index contributed by atoms with van der Waals surface area (Å²) in [5.41, 5.74) is 0.901. The summed E-state index contributed by atoms with van der Waals surface area (Å²) in [4.78, 5) is 49.3. The lowest BCUT2D eigenvalue weighted by Crippen LogP contribution is -2.54. The Bertz CT molecular complexity index is 801. The monoisotopic (exact) mass is 419 g/mol. The molecule has 0 aromatic heterocycles. The Morgan fingerprint density at radius 3 is 2.73 bits per heavy atom. The molecule has 3 amide bonds. The van der Waals surface area contributed by atoms with Crippen molar-refractivity contribution in [3.8, 4) is 0 Å². The molecule has 4 unspecified atom stereocenters. The van der Waals surface area contributed by atoms with Gasteiger partial charge < -0.3 is 30.1 Å². The van der Waals surface area contributed by atoms with E-state index in [0.29, 0.717) is 19.4 Å². The van der Waals surface area contributed by atoms with Crippen LogP contribution >= 0.6 is 0 Å². The Hall–Kier alpha value is -3.14. The van der Waals surface area contributed by atoms with E-state index in [1.165, 1.54) is 11.8 Å². The van der Waals surface area contributed by atoms with Crippen LogP contribution < -0.4 is 10.6 Å². The first-order valence-electron chi connectivity index (χ1n) is 9.80. The molecule has 4 atom stereocenters. The normalized spacial score (nSPS) is 24.2. The zero-order valence-electron chi connectivity index (χ0n) is 16.6. The minimum Gasteiger partial charge on any atom is -0.465 e. The number of amides is 3. The van der Waals surface area contributed by atoms with E-state index in [1.807, 2.05) is 30.3 Å². The van der Waals surface area contributed by atoms with Gasteiger partial charge in [-0.3, -0.25) is 14.4 Å². The van der Waals surface area contributed by atoms with Crippen LogP contribution in [0.25, 0.3) is 0 Å². The number of esters is 1. The van der Waals surface area contributed by atoms with Crippen molar-refractivity contribution in [2.75, 3.05) is 6.54 Å². The van der Waals surface area contributed by atoms with E-state index in [4.69, 9.17) is 14.6 Å². The van der Waals surface area contributed by atoms with Crippen molar-refractivity contribution in [1.82, 2.24) is 15.5 Å². The lowest BCUT2D eigenvalue weighted by Gasteiger charge is -2.28. The van der Waals surface area contributed by atoms with Crippen LogP contribution in [0.15, 0.2) is 30.3 Å². The molecule has 30 heavy (non-hydrogen) atoms. The third-order valence-electron chi connectivity index (χ3n) is 5.10. The molecule has 0 bridgehead atoms. The largest absolute Gasteiger partial charge is 0.465 e. The molecule has 0 saturated carbocycles. The molecule has 0 spiro atoms. The zero-order valence-corrected chi connectivity index (χ0v) is 16.6. The number of benzene rings is 1. The lowest BCUT2D eigenvalue weighted by atomic mass is 10.1. The van der Waals surface area contributed by atoms with Crippen molar-refractivity contribution in [2.24, 2.45) is 0 Å². The summed E-state index contributed by atoms with van der Waals surface area (Å²) >= 11 is 0. The van der Waals surface area contributed by atoms with E-state index in [9.17, 15) is 19.2 Å². The summed E-state index contributed by atoms with van der Waals surface area (Å²) in [7, 11) is 0. The van der Waals surface area contributed by atoms with Crippen LogP contribution in [0.5, 0.6) is 0 Å². The van der Waals surface area contributed by atoms with Crippen molar-refractivity contribution in [1.29, 1.82) is 0 Å². The van der Waals surface area contributed by atoms with Gasteiger partial charge in [0, 0.05) is 6.54 Å². The average Bonchev–Trinajstić information content (AvgIpc) is 3.32. The van der Waals surface area contributed by atoms with Gasteiger partial charge in [-0.1, -0.05) is 30.3 Å². The number of hydrogen-bond acceptors (Lipinski definition) is 6. The van der Waals surface area contributed by atoms with Crippen LogP contribution in [-0.4, -0.2) is 64.8 Å². The molecule has 2 aliphatic heterocycles. The molecule has 1 aromatic rings. The molecule has 0 radical (unpaired) electrons. The molecule has 3 N–H and O–H groups in total. The number of ether oxygens (including phenoxy) is 2. The molecule has 10 nitrogen and oxygen atoms in total. The minimum atomic E-state index is -1.31. The summed E-state index contributed by atoms with van der Waals surface area (Å²) in [6.45, 7) is 2.01. The van der Waals surface area contributed by atoms with Gasteiger partial charge >= 0.3 is 12.1 Å². The molecule has 2 fully saturated rings. The summed E-state index contributed by atoms with van der Waals surface area (Å²) in [6, 6.07) is 6.99. The van der Waals surface area contributed by atoms with Crippen LogP contribution in [0.3, 0.4) is 0 Å². The first kappa shape index (κ1) is 21.6. The highest BCUT2D eigenvalue weighted by molar-refractivity contribution is 5.92. The molecule has 3 rings (SSSR count). The summed E-state index contributed by atoms with van der Waals surface area (Å²) in [5.74, 6) is -1.36. The van der Waals surface area contributed by atoms with Crippen molar-refractivity contribution in [2.45, 2.75) is 57.2 Å². The first-order chi connectivity index (χ1) is 14.3. The number of carbonyl (C=O) groups excluding carboxylic acids is 3. The molecule has 2 heterocycles. The van der Waals surface area contributed by atoms with Crippen molar-refractivity contribution in [3.63, 3.8) is 0 Å². The fraction of sp³-hybridized carbons (Fsp3) is 0.500. The number of carbonyl (C=O) groups is 4. The quantitative estimate of drug-likeness (QED) is 0.551. The predicted molar refractivity (Wildman–Crippen MR) is 103 cm³/mol. The fourth-order valence-electron chi connectivity index (χ4n) is 3.64. The van der Waals surface area contributed by atoms with Crippen LogP contribution in [0.4, 0.5) is 4.79 Å². The van der Waals surface area contributed by atoms with Gasteiger partial charge in [-0.15, -0.1) is 0 Å². The average molecular weight is 419 g/mol. The van der Waals surface area contributed by atoms with Gasteiger partial charge in [0.15, 0.2) is 0 Å². The smallest absolute Gasteiger partial charge is 0.405 e. The standard InChI is InChI=1S/C20H25N3O7/c1-12(21-20(27)28)18(26)23-9-5-8-15(23)17(25)22-14-10-16(24)30-19(14)29-11-13-6-3-2-4-7-13/h2-4,6-7,12,14-15,19,21H,5,8-11H2,1H3,(H,22,25)(H,27,28). The molecular weight excluding hydrogens is 394 g/mol. The van der Waals surface area contributed by atoms with Gasteiger partial charge in [-0.2, -0.15) is 0 Å². The number of carboxylic acid groups (broad SMARTS) is 1. The Morgan fingerprint density at radius 2 is 2.03 bits per heavy atom. The fourth-order valence-corrected chi connectivity index (χ4v) is 3.64. The van der Waals surface area contributed by atoms with Crippen molar-refractivity contribution >= 4 is 23.9 Å². The van der Waals surface area contributed by atoms with Gasteiger partial charge in [0.25, 0.3) is 0 Å². The Kier molecular flexibility index (Phi) is 6.88. The van der Waals surface area contributed by atoms with E-state index in [-0.39, 0.29) is 13.0 Å². The number of likely N-dealkylation sites (tertiary alicyclic amines) is 1. The van der Waals surface area contributed by atoms with Crippen molar-refractivity contribution in [3.05, 3.63) is 35.9 Å². The van der Waals surface area contributed by atoms with E-state index in [2.05, 4.69) is 10.6 Å². The van der Waals surface area contributed by atoms with Crippen molar-refractivity contribution < 1.29 is 33.8 Å². The topological polar surface area (TPSA) is 134 Å². The summed E-state index contributed by atoms with van der Waals surface area (Å²) < 4.78 is 10.9. The van der Waals surface area contributed by atoms with Crippen LogP contribution in [-0.2, 0) is 30.5 Å². The zero-order chi connectivity index (χ0) is 21.7. The minimum absolute atomic E-state index is 0.0250. The molecule has 2 saturated heterocycles. The molecule has 10 heteroatoms. The Balaban J connectivity index is 1.59. The summed E-state index contributed by atoms with van der Waals surface area (Å²) in [5, 5.41) is 13.7. The van der Waals surface area contributed by atoms with Crippen LogP contribution in [0, 0.1) is 0 Å². The highest BCUT2D eigenvalue weighted by Gasteiger charge is 2.41. The number of nitrogens with zero attached hydrogens (tertiary/aromatic N) is 1. The van der Waals surface area contributed by atoms with E-state index in [1.54, 1.807) is 0 Å². The molecule has 1 aromatic carbocycles. The van der Waals surface area contributed by atoms with Gasteiger partial charge in [-0.25, -0.2) is 4.79 Å². The second-order valence-electron chi connectivity index (χ2n) is 7.33. The second kappa shape index (κ2) is 9.57. The molecule has 162 valence electrons. The Labute approximate surface area is 173 Å². The maximum atomic E-state index is 12.8. The predicted octanol–water partition coefficient (Wildman–Crippen LogP) is 0.608. The maximum Gasteiger partial charge on any atom is 0.405 e. The number of rotatable bonds is 7. The maximum absolute atomic E-state index is 12.8. The van der Waals surface area contributed by atoms with Gasteiger partial charge in [-0.05, 0) is 25.3 Å². The second-order valence-corrected chi connectivity index (χ2v) is 7.33. The van der Waals surface area contributed by atoms with Crippen LogP contribution in [0.1, 0.15) is 31.7 Å². The highest BCUT2D eigenvalue weighted by atomic mass is 16.7. The van der Waals surface area contributed by atoms with Crippen LogP contribution in [0.2, 0.25) is 0 Å². The first-order valence-corrected chi connectivity index (χ1v) is 9.80. The Morgan fingerprint density at radius 1 is 1.30 bits per heavy atom. The SMILES string of the molecule is CC(NC(=O)O)C(=O)N1CCCC1C(=O)NC1CC(=O)OC1OCc1ccccc1. The van der Waals surface area contributed by atoms with E-state index in [0.717, 1.165) is 5.56 Å². The molecular formula is C20H25N3O7. The number of hydrogen-bond donors (Lipinski definition) is 3.